The SMILES string of the molecule is CCOC(=O)C(=NOCc1ccccc1)c1sccc1OCCOc1ccc2ccccc2c1. The Kier molecular flexibility index (Phi) is 8.13. The summed E-state index contributed by atoms with van der Waals surface area (Å²) in [5.74, 6) is 0.744. The molecule has 4 aromatic rings. The molecule has 4 rings (SSSR count). The van der Waals surface area contributed by atoms with E-state index in [1.807, 2.05) is 72.1 Å². The molecule has 0 amide bonds. The second kappa shape index (κ2) is 11.9. The van der Waals surface area contributed by atoms with Gasteiger partial charge in [-0.2, -0.15) is 0 Å². The van der Waals surface area contributed by atoms with Crippen molar-refractivity contribution in [3.63, 3.8) is 0 Å². The number of thiophene rings is 1. The molecule has 0 bridgehead atoms. The van der Waals surface area contributed by atoms with Gasteiger partial charge in [-0.05, 0) is 46.8 Å². The van der Waals surface area contributed by atoms with Crippen molar-refractivity contribution < 1.29 is 23.8 Å². The summed E-state index contributed by atoms with van der Waals surface area (Å²) < 4.78 is 16.9. The average molecular weight is 476 g/mol. The standard InChI is InChI=1S/C27H25NO5S/c1-2-30-27(29)25(28-33-19-20-8-4-3-5-9-20)26-24(14-17-34-26)32-16-15-31-23-13-12-21-10-6-7-11-22(21)18-23/h3-14,17-18H,2,15-16,19H2,1H3. The van der Waals surface area contributed by atoms with Gasteiger partial charge in [-0.15, -0.1) is 11.3 Å². The molecule has 0 aliphatic carbocycles. The number of carbonyl (C=O) groups excluding carboxylic acids is 1. The summed E-state index contributed by atoms with van der Waals surface area (Å²) in [5.41, 5.74) is 1.03. The average Bonchev–Trinajstić information content (AvgIpc) is 3.33. The molecule has 0 aliphatic heterocycles. The molecule has 174 valence electrons. The zero-order valence-electron chi connectivity index (χ0n) is 18.8. The summed E-state index contributed by atoms with van der Waals surface area (Å²) in [7, 11) is 0. The van der Waals surface area contributed by atoms with Crippen LogP contribution in [0.4, 0.5) is 0 Å². The highest BCUT2D eigenvalue weighted by Gasteiger charge is 2.22. The van der Waals surface area contributed by atoms with Gasteiger partial charge in [-0.1, -0.05) is 65.8 Å². The van der Waals surface area contributed by atoms with Crippen LogP contribution in [0.3, 0.4) is 0 Å². The van der Waals surface area contributed by atoms with Gasteiger partial charge in [0.25, 0.3) is 0 Å². The van der Waals surface area contributed by atoms with E-state index in [9.17, 15) is 4.79 Å². The number of hydrogen-bond donors (Lipinski definition) is 0. The first-order valence-corrected chi connectivity index (χ1v) is 11.9. The summed E-state index contributed by atoms with van der Waals surface area (Å²) >= 11 is 1.34. The van der Waals surface area contributed by atoms with Crippen LogP contribution in [0.5, 0.6) is 11.5 Å². The Morgan fingerprint density at radius 3 is 2.47 bits per heavy atom. The van der Waals surface area contributed by atoms with Gasteiger partial charge in [0, 0.05) is 0 Å². The number of rotatable bonds is 11. The summed E-state index contributed by atoms with van der Waals surface area (Å²) in [6.45, 7) is 2.88. The highest BCUT2D eigenvalue weighted by Crippen LogP contribution is 2.27. The van der Waals surface area contributed by atoms with Crippen molar-refractivity contribution >= 4 is 33.8 Å². The van der Waals surface area contributed by atoms with E-state index in [1.165, 1.54) is 11.3 Å². The number of hydrogen-bond acceptors (Lipinski definition) is 7. The van der Waals surface area contributed by atoms with Crippen molar-refractivity contribution in [2.75, 3.05) is 19.8 Å². The van der Waals surface area contributed by atoms with Crippen LogP contribution in [-0.4, -0.2) is 31.5 Å². The fourth-order valence-corrected chi connectivity index (χ4v) is 4.07. The lowest BCUT2D eigenvalue weighted by Gasteiger charge is -2.11. The molecular weight excluding hydrogens is 450 g/mol. The van der Waals surface area contributed by atoms with Crippen LogP contribution in [0.1, 0.15) is 17.4 Å². The van der Waals surface area contributed by atoms with E-state index in [2.05, 4.69) is 11.2 Å². The van der Waals surface area contributed by atoms with Gasteiger partial charge in [-0.25, -0.2) is 4.79 Å². The van der Waals surface area contributed by atoms with Gasteiger partial charge in [0.05, 0.1) is 6.61 Å². The third-order valence-corrected chi connectivity index (χ3v) is 5.78. The zero-order chi connectivity index (χ0) is 23.6. The van der Waals surface area contributed by atoms with E-state index in [0.717, 1.165) is 22.1 Å². The molecule has 0 unspecified atom stereocenters. The molecule has 1 heterocycles. The maximum Gasteiger partial charge on any atom is 0.362 e. The normalized spacial score (nSPS) is 11.3. The third kappa shape index (κ3) is 6.14. The molecule has 0 fully saturated rings. The predicted molar refractivity (Wildman–Crippen MR) is 134 cm³/mol. The lowest BCUT2D eigenvalue weighted by atomic mass is 10.1. The van der Waals surface area contributed by atoms with Gasteiger partial charge in [0.1, 0.15) is 36.2 Å². The highest BCUT2D eigenvalue weighted by atomic mass is 32.1. The minimum atomic E-state index is -0.560. The Hall–Kier alpha value is -3.84. The van der Waals surface area contributed by atoms with Crippen LogP contribution in [0.15, 0.2) is 89.4 Å². The number of esters is 1. The maximum atomic E-state index is 12.6. The summed E-state index contributed by atoms with van der Waals surface area (Å²) in [6, 6.07) is 25.5. The van der Waals surface area contributed by atoms with Gasteiger partial charge < -0.3 is 19.0 Å². The number of benzene rings is 3. The number of carbonyl (C=O) groups is 1. The maximum absolute atomic E-state index is 12.6. The molecule has 0 N–H and O–H groups in total. The molecule has 0 atom stereocenters. The zero-order valence-corrected chi connectivity index (χ0v) is 19.6. The molecule has 6 nitrogen and oxygen atoms in total. The first kappa shape index (κ1) is 23.3. The number of ether oxygens (including phenoxy) is 3. The van der Waals surface area contributed by atoms with Gasteiger partial charge in [0.15, 0.2) is 0 Å². The Morgan fingerprint density at radius 1 is 0.882 bits per heavy atom. The Morgan fingerprint density at radius 2 is 1.65 bits per heavy atom. The quantitative estimate of drug-likeness (QED) is 0.118. The van der Waals surface area contributed by atoms with Crippen LogP contribution < -0.4 is 9.47 Å². The molecule has 34 heavy (non-hydrogen) atoms. The smallest absolute Gasteiger partial charge is 0.362 e. The van der Waals surface area contributed by atoms with Crippen molar-refractivity contribution in [1.29, 1.82) is 0 Å². The fraction of sp³-hybridized carbons (Fsp3) is 0.185. The van der Waals surface area contributed by atoms with E-state index in [1.54, 1.807) is 13.0 Å². The van der Waals surface area contributed by atoms with Crippen molar-refractivity contribution in [3.8, 4) is 11.5 Å². The van der Waals surface area contributed by atoms with Crippen LogP contribution in [0.2, 0.25) is 0 Å². The molecule has 3 aromatic carbocycles. The molecule has 0 saturated heterocycles. The summed E-state index contributed by atoms with van der Waals surface area (Å²) in [4.78, 5) is 18.6. The van der Waals surface area contributed by atoms with Crippen molar-refractivity contribution in [1.82, 2.24) is 0 Å². The molecule has 1 aromatic heterocycles. The van der Waals surface area contributed by atoms with Gasteiger partial charge in [-0.3, -0.25) is 0 Å². The molecule has 0 spiro atoms. The van der Waals surface area contributed by atoms with Crippen LogP contribution in [-0.2, 0) is 21.0 Å². The Labute approximate surface area is 202 Å². The van der Waals surface area contributed by atoms with Crippen LogP contribution >= 0.6 is 11.3 Å². The molecule has 0 saturated carbocycles. The topological polar surface area (TPSA) is 66.4 Å². The second-order valence-electron chi connectivity index (χ2n) is 7.24. The fourth-order valence-electron chi connectivity index (χ4n) is 3.27. The Bertz CT molecular complexity index is 1250. The minimum absolute atomic E-state index is 0.0817. The van der Waals surface area contributed by atoms with E-state index in [-0.39, 0.29) is 18.9 Å². The van der Waals surface area contributed by atoms with Crippen molar-refractivity contribution in [2.24, 2.45) is 5.16 Å². The van der Waals surface area contributed by atoms with Gasteiger partial charge >= 0.3 is 5.97 Å². The minimum Gasteiger partial charge on any atom is -0.490 e. The molecule has 0 aliphatic rings. The van der Waals surface area contributed by atoms with E-state index in [0.29, 0.717) is 23.8 Å². The lowest BCUT2D eigenvalue weighted by molar-refractivity contribution is -0.135. The van der Waals surface area contributed by atoms with Crippen molar-refractivity contribution in [3.05, 3.63) is 94.7 Å². The summed E-state index contributed by atoms with van der Waals surface area (Å²) in [5, 5.41) is 8.20. The van der Waals surface area contributed by atoms with E-state index < -0.39 is 5.97 Å². The summed E-state index contributed by atoms with van der Waals surface area (Å²) in [6.07, 6.45) is 0. The highest BCUT2D eigenvalue weighted by molar-refractivity contribution is 7.13. The molecule has 7 heteroatoms. The van der Waals surface area contributed by atoms with E-state index in [4.69, 9.17) is 19.0 Å². The molecule has 0 radical (unpaired) electrons. The number of nitrogens with zero attached hydrogens (tertiary/aromatic N) is 1. The number of fused-ring (bicyclic) bond motifs is 1. The molecular formula is C27H25NO5S. The monoisotopic (exact) mass is 475 g/mol. The van der Waals surface area contributed by atoms with Crippen LogP contribution in [0, 0.1) is 0 Å². The Balaban J connectivity index is 1.38. The van der Waals surface area contributed by atoms with Crippen molar-refractivity contribution in [2.45, 2.75) is 13.5 Å². The number of oxime groups is 1. The lowest BCUT2D eigenvalue weighted by Crippen LogP contribution is -2.19. The first-order valence-electron chi connectivity index (χ1n) is 11.0. The second-order valence-corrected chi connectivity index (χ2v) is 8.16. The third-order valence-electron chi connectivity index (χ3n) is 4.87. The van der Waals surface area contributed by atoms with E-state index >= 15 is 0 Å². The van der Waals surface area contributed by atoms with Gasteiger partial charge in [0.2, 0.25) is 5.71 Å². The largest absolute Gasteiger partial charge is 0.490 e. The first-order chi connectivity index (χ1) is 16.7. The predicted octanol–water partition coefficient (Wildman–Crippen LogP) is 5.84. The van der Waals surface area contributed by atoms with Crippen LogP contribution in [0.25, 0.3) is 10.8 Å².